The molecule has 1 aromatic heterocycles. The maximum absolute atomic E-state index is 12.8. The molecular weight excluding hydrogens is 430 g/mol. The number of nitrogens with zero attached hydrogens (tertiary/aromatic N) is 3. The molecular formula is C23H29N3O3S2. The fraction of sp³-hybridized carbons (Fsp3) is 0.391. The first-order valence-electron chi connectivity index (χ1n) is 10.5. The monoisotopic (exact) mass is 459 g/mol. The van der Waals surface area contributed by atoms with Crippen LogP contribution in [0.25, 0.3) is 10.2 Å². The highest BCUT2D eigenvalue weighted by Gasteiger charge is 2.20. The predicted octanol–water partition coefficient (Wildman–Crippen LogP) is 4.50. The van der Waals surface area contributed by atoms with Crippen molar-refractivity contribution in [3.8, 4) is 0 Å². The molecule has 0 radical (unpaired) electrons. The highest BCUT2D eigenvalue weighted by molar-refractivity contribution is 7.89. The van der Waals surface area contributed by atoms with Crippen LogP contribution >= 0.6 is 11.3 Å². The summed E-state index contributed by atoms with van der Waals surface area (Å²) in [5.74, 6) is -0.382. The lowest BCUT2D eigenvalue weighted by atomic mass is 10.1. The third-order valence-corrected chi connectivity index (χ3v) is 8.46. The van der Waals surface area contributed by atoms with Crippen molar-refractivity contribution in [2.75, 3.05) is 13.6 Å². The molecule has 3 rings (SSSR count). The van der Waals surface area contributed by atoms with E-state index in [4.69, 9.17) is 0 Å². The molecule has 6 nitrogen and oxygen atoms in total. The van der Waals surface area contributed by atoms with Crippen molar-refractivity contribution >= 4 is 37.5 Å². The van der Waals surface area contributed by atoms with Crippen LogP contribution in [0, 0.1) is 13.8 Å². The molecule has 31 heavy (non-hydrogen) atoms. The van der Waals surface area contributed by atoms with E-state index >= 15 is 0 Å². The molecule has 0 saturated heterocycles. The van der Waals surface area contributed by atoms with E-state index in [0.717, 1.165) is 34.2 Å². The first-order chi connectivity index (χ1) is 14.7. The summed E-state index contributed by atoms with van der Waals surface area (Å²) in [6.45, 7) is 9.34. The lowest BCUT2D eigenvalue weighted by Crippen LogP contribution is -2.27. The van der Waals surface area contributed by atoms with Crippen LogP contribution in [0.1, 0.15) is 48.2 Å². The number of hydrogen-bond donors (Lipinski definition) is 0. The summed E-state index contributed by atoms with van der Waals surface area (Å²) in [6, 6.07) is 10.2. The molecule has 0 bridgehead atoms. The molecule has 0 unspecified atom stereocenters. The van der Waals surface area contributed by atoms with Gasteiger partial charge >= 0.3 is 0 Å². The number of aromatic nitrogens is 1. The summed E-state index contributed by atoms with van der Waals surface area (Å²) >= 11 is 1.50. The van der Waals surface area contributed by atoms with Crippen LogP contribution in [0.15, 0.2) is 46.3 Å². The first-order valence-corrected chi connectivity index (χ1v) is 12.7. The number of aryl methyl sites for hydroxylation is 3. The quantitative estimate of drug-likeness (QED) is 0.522. The fourth-order valence-electron chi connectivity index (χ4n) is 3.46. The zero-order chi connectivity index (χ0) is 22.8. The van der Waals surface area contributed by atoms with E-state index in [1.54, 1.807) is 7.05 Å². The summed E-state index contributed by atoms with van der Waals surface area (Å²) in [4.78, 5) is 18.0. The van der Waals surface area contributed by atoms with E-state index in [0.29, 0.717) is 23.5 Å². The lowest BCUT2D eigenvalue weighted by Gasteiger charge is -2.16. The van der Waals surface area contributed by atoms with Gasteiger partial charge < -0.3 is 4.57 Å². The van der Waals surface area contributed by atoms with Crippen molar-refractivity contribution in [3.63, 3.8) is 0 Å². The number of rotatable bonds is 7. The average Bonchev–Trinajstić information content (AvgIpc) is 3.13. The second kappa shape index (κ2) is 9.46. The minimum absolute atomic E-state index is 0.180. The maximum atomic E-state index is 12.8. The number of hydrogen-bond acceptors (Lipinski definition) is 4. The van der Waals surface area contributed by atoms with Gasteiger partial charge in [0.15, 0.2) is 4.80 Å². The van der Waals surface area contributed by atoms with E-state index in [-0.39, 0.29) is 10.8 Å². The molecule has 0 saturated carbocycles. The Balaban J connectivity index is 1.95. The number of carbonyl (C=O) groups is 1. The van der Waals surface area contributed by atoms with Gasteiger partial charge in [0, 0.05) is 25.7 Å². The molecule has 0 atom stereocenters. The Labute approximate surface area is 187 Å². The molecule has 0 spiro atoms. The number of sulfonamides is 1. The number of amides is 1. The number of thiazole rings is 1. The van der Waals surface area contributed by atoms with E-state index in [1.807, 2.05) is 13.8 Å². The van der Waals surface area contributed by atoms with E-state index < -0.39 is 10.0 Å². The Morgan fingerprint density at radius 3 is 2.32 bits per heavy atom. The second-order valence-corrected chi connectivity index (χ2v) is 10.6. The van der Waals surface area contributed by atoms with Gasteiger partial charge in [-0.1, -0.05) is 36.8 Å². The van der Waals surface area contributed by atoms with Gasteiger partial charge in [0.25, 0.3) is 5.91 Å². The third-order valence-electron chi connectivity index (χ3n) is 5.37. The van der Waals surface area contributed by atoms with Gasteiger partial charge in [-0.2, -0.15) is 4.99 Å². The number of unbranched alkanes of at least 4 members (excludes halogenated alkanes) is 1. The molecule has 3 aromatic rings. The number of carbonyl (C=O) groups excluding carboxylic acids is 1. The highest BCUT2D eigenvalue weighted by Crippen LogP contribution is 2.25. The second-order valence-electron chi connectivity index (χ2n) is 7.63. The van der Waals surface area contributed by atoms with Crippen LogP contribution in [0.5, 0.6) is 0 Å². The van der Waals surface area contributed by atoms with Crippen molar-refractivity contribution in [2.24, 2.45) is 4.99 Å². The minimum atomic E-state index is -3.56. The molecule has 2 aromatic carbocycles. The van der Waals surface area contributed by atoms with E-state index in [1.165, 1.54) is 39.9 Å². The topological polar surface area (TPSA) is 71.7 Å². The van der Waals surface area contributed by atoms with Crippen LogP contribution < -0.4 is 4.80 Å². The Morgan fingerprint density at radius 2 is 1.71 bits per heavy atom. The highest BCUT2D eigenvalue weighted by atomic mass is 32.2. The summed E-state index contributed by atoms with van der Waals surface area (Å²) in [5, 5.41) is 0. The van der Waals surface area contributed by atoms with Crippen molar-refractivity contribution in [3.05, 3.63) is 57.9 Å². The zero-order valence-corrected chi connectivity index (χ0v) is 20.3. The van der Waals surface area contributed by atoms with E-state index in [9.17, 15) is 13.2 Å². The molecule has 0 N–H and O–H groups in total. The van der Waals surface area contributed by atoms with Gasteiger partial charge in [0.2, 0.25) is 10.0 Å². The largest absolute Gasteiger partial charge is 0.316 e. The van der Waals surface area contributed by atoms with Crippen LogP contribution in [-0.4, -0.2) is 36.8 Å². The van der Waals surface area contributed by atoms with Crippen LogP contribution in [-0.2, 0) is 16.6 Å². The standard InChI is InChI=1S/C23H29N3O3S2/c1-6-8-15-25(5)31(28,29)19-13-11-18(12-14-19)22(27)24-23-26(7-2)20-16(3)9-10-17(4)21(20)30-23/h9-14H,6-8,15H2,1-5H3. The summed E-state index contributed by atoms with van der Waals surface area (Å²) in [6.07, 6.45) is 1.72. The van der Waals surface area contributed by atoms with Gasteiger partial charge in [-0.3, -0.25) is 4.79 Å². The molecule has 1 amide bonds. The smallest absolute Gasteiger partial charge is 0.279 e. The molecule has 0 aliphatic carbocycles. The van der Waals surface area contributed by atoms with Crippen molar-refractivity contribution in [1.29, 1.82) is 0 Å². The number of benzene rings is 2. The zero-order valence-electron chi connectivity index (χ0n) is 18.7. The van der Waals surface area contributed by atoms with Gasteiger partial charge in [-0.25, -0.2) is 12.7 Å². The molecule has 8 heteroatoms. The minimum Gasteiger partial charge on any atom is -0.316 e. The lowest BCUT2D eigenvalue weighted by molar-refractivity contribution is 0.0997. The van der Waals surface area contributed by atoms with Gasteiger partial charge in [-0.05, 0) is 62.6 Å². The van der Waals surface area contributed by atoms with Gasteiger partial charge in [0.05, 0.1) is 15.1 Å². The summed E-state index contributed by atoms with van der Waals surface area (Å²) < 4.78 is 29.9. The Kier molecular flexibility index (Phi) is 7.13. The molecule has 166 valence electrons. The van der Waals surface area contributed by atoms with Gasteiger partial charge in [0.1, 0.15) is 0 Å². The Morgan fingerprint density at radius 1 is 1.06 bits per heavy atom. The molecule has 0 fully saturated rings. The molecule has 1 heterocycles. The summed E-state index contributed by atoms with van der Waals surface area (Å²) in [7, 11) is -1.98. The fourth-order valence-corrected chi connectivity index (χ4v) is 5.90. The predicted molar refractivity (Wildman–Crippen MR) is 126 cm³/mol. The third kappa shape index (κ3) is 4.66. The normalized spacial score (nSPS) is 12.8. The summed E-state index contributed by atoms with van der Waals surface area (Å²) in [5.41, 5.74) is 3.78. The number of fused-ring (bicyclic) bond motifs is 1. The average molecular weight is 460 g/mol. The van der Waals surface area contributed by atoms with Crippen molar-refractivity contribution < 1.29 is 13.2 Å². The maximum Gasteiger partial charge on any atom is 0.279 e. The van der Waals surface area contributed by atoms with E-state index in [2.05, 4.69) is 35.5 Å². The van der Waals surface area contributed by atoms with Crippen LogP contribution in [0.4, 0.5) is 0 Å². The molecule has 0 aliphatic heterocycles. The van der Waals surface area contributed by atoms with Crippen molar-refractivity contribution in [1.82, 2.24) is 8.87 Å². The molecule has 0 aliphatic rings. The SMILES string of the molecule is CCCCN(C)S(=O)(=O)c1ccc(C(=O)N=c2sc3c(C)ccc(C)c3n2CC)cc1. The Bertz CT molecular complexity index is 1270. The first kappa shape index (κ1) is 23.4. The van der Waals surface area contributed by atoms with Crippen molar-refractivity contribution in [2.45, 2.75) is 52.0 Å². The van der Waals surface area contributed by atoms with Crippen LogP contribution in [0.3, 0.4) is 0 Å². The van der Waals surface area contributed by atoms with Gasteiger partial charge in [-0.15, -0.1) is 0 Å². The van der Waals surface area contributed by atoms with Crippen LogP contribution in [0.2, 0.25) is 0 Å². The Hall–Kier alpha value is -2.29.